The molecule has 1 aromatic heterocycles. The number of methoxy groups -OCH3 is 1. The van der Waals surface area contributed by atoms with Crippen molar-refractivity contribution in [1.29, 1.82) is 0 Å². The number of hydrogen-bond acceptors (Lipinski definition) is 5. The van der Waals surface area contributed by atoms with Crippen LogP contribution in [0.4, 0.5) is 0 Å². The average Bonchev–Trinajstić information content (AvgIpc) is 3.43. The highest BCUT2D eigenvalue weighted by molar-refractivity contribution is 6.06. The van der Waals surface area contributed by atoms with Crippen molar-refractivity contribution in [2.75, 3.05) is 33.9 Å². The van der Waals surface area contributed by atoms with Gasteiger partial charge in [-0.2, -0.15) is 0 Å². The van der Waals surface area contributed by atoms with Gasteiger partial charge in [-0.15, -0.1) is 0 Å². The Kier molecular flexibility index (Phi) is 6.30. The van der Waals surface area contributed by atoms with Crippen molar-refractivity contribution in [2.24, 2.45) is 5.92 Å². The van der Waals surface area contributed by atoms with E-state index in [9.17, 15) is 14.4 Å². The Hall–Kier alpha value is -2.87. The second-order valence-electron chi connectivity index (χ2n) is 7.05. The minimum Gasteiger partial charge on any atom is -0.463 e. The lowest BCUT2D eigenvalue weighted by molar-refractivity contribution is -0.137. The second kappa shape index (κ2) is 8.88. The van der Waals surface area contributed by atoms with Gasteiger partial charge in [-0.1, -0.05) is 18.2 Å². The molecule has 8 heteroatoms. The number of para-hydroxylation sites is 1. The fraction of sp³-hybridized carbons (Fsp3) is 0.450. The molecule has 3 rings (SSSR count). The number of rotatable bonds is 9. The Bertz CT molecular complexity index is 858. The number of carbonyl (C=O) groups is 3. The summed E-state index contributed by atoms with van der Waals surface area (Å²) in [6.07, 6.45) is 3.48. The van der Waals surface area contributed by atoms with Gasteiger partial charge in [0.1, 0.15) is 18.5 Å². The number of carbonyl (C=O) groups excluding carboxylic acids is 3. The molecule has 1 heterocycles. The van der Waals surface area contributed by atoms with Gasteiger partial charge in [-0.25, -0.2) is 0 Å². The van der Waals surface area contributed by atoms with Crippen LogP contribution in [0.3, 0.4) is 0 Å². The third-order valence-corrected chi connectivity index (χ3v) is 4.83. The van der Waals surface area contributed by atoms with E-state index in [2.05, 4.69) is 10.6 Å². The minimum atomic E-state index is -0.277. The predicted molar refractivity (Wildman–Crippen MR) is 103 cm³/mol. The first kappa shape index (κ1) is 19.9. The van der Waals surface area contributed by atoms with Crippen LogP contribution in [0, 0.1) is 5.92 Å². The lowest BCUT2D eigenvalue weighted by Gasteiger charge is -2.20. The molecule has 28 heavy (non-hydrogen) atoms. The summed E-state index contributed by atoms with van der Waals surface area (Å²) < 4.78 is 10.2. The molecule has 3 amide bonds. The minimum absolute atomic E-state index is 0.0557. The van der Waals surface area contributed by atoms with E-state index in [1.807, 2.05) is 24.3 Å². The van der Waals surface area contributed by atoms with Gasteiger partial charge in [0.15, 0.2) is 0 Å². The van der Waals surface area contributed by atoms with E-state index in [4.69, 9.17) is 9.15 Å². The van der Waals surface area contributed by atoms with Crippen molar-refractivity contribution in [1.82, 2.24) is 15.5 Å². The molecule has 0 spiro atoms. The molecular weight excluding hydrogens is 362 g/mol. The first-order chi connectivity index (χ1) is 13.5. The Morgan fingerprint density at radius 2 is 2.04 bits per heavy atom. The van der Waals surface area contributed by atoms with Gasteiger partial charge in [0, 0.05) is 32.1 Å². The zero-order valence-corrected chi connectivity index (χ0v) is 16.1. The number of nitrogens with one attached hydrogen (secondary N) is 2. The highest BCUT2D eigenvalue weighted by Crippen LogP contribution is 2.32. The molecule has 8 nitrogen and oxygen atoms in total. The number of likely N-dealkylation sites (N-methyl/N-ethyl adjacent to an activating group) is 1. The summed E-state index contributed by atoms with van der Waals surface area (Å²) in [5, 5.41) is 6.58. The predicted octanol–water partition coefficient (Wildman–Crippen LogP) is 1.16. The summed E-state index contributed by atoms with van der Waals surface area (Å²) in [6.45, 7) is 0.195. The van der Waals surface area contributed by atoms with Gasteiger partial charge in [-0.3, -0.25) is 14.4 Å². The number of furan rings is 1. The molecule has 1 aliphatic rings. The highest BCUT2D eigenvalue weighted by atomic mass is 16.5. The van der Waals surface area contributed by atoms with Crippen molar-refractivity contribution >= 4 is 28.7 Å². The smallest absolute Gasteiger partial charge is 0.255 e. The van der Waals surface area contributed by atoms with Crippen LogP contribution < -0.4 is 10.6 Å². The summed E-state index contributed by atoms with van der Waals surface area (Å²) >= 11 is 0. The molecule has 1 saturated carbocycles. The van der Waals surface area contributed by atoms with Gasteiger partial charge in [0.25, 0.3) is 5.91 Å². The number of nitrogens with zero attached hydrogens (tertiary/aromatic N) is 1. The van der Waals surface area contributed by atoms with Crippen molar-refractivity contribution in [3.8, 4) is 0 Å². The van der Waals surface area contributed by atoms with Crippen LogP contribution >= 0.6 is 0 Å². The van der Waals surface area contributed by atoms with E-state index in [-0.39, 0.29) is 36.9 Å². The monoisotopic (exact) mass is 387 g/mol. The largest absolute Gasteiger partial charge is 0.463 e. The van der Waals surface area contributed by atoms with Gasteiger partial charge >= 0.3 is 0 Å². The normalized spacial score (nSPS) is 14.5. The van der Waals surface area contributed by atoms with E-state index in [1.54, 1.807) is 7.05 Å². The fourth-order valence-electron chi connectivity index (χ4n) is 3.05. The van der Waals surface area contributed by atoms with Crippen molar-refractivity contribution in [3.63, 3.8) is 0 Å². The molecule has 2 N–H and O–H groups in total. The maximum atomic E-state index is 12.7. The Balaban J connectivity index is 1.55. The molecule has 1 unspecified atom stereocenters. The van der Waals surface area contributed by atoms with Crippen molar-refractivity contribution < 1.29 is 23.5 Å². The summed E-state index contributed by atoms with van der Waals surface area (Å²) in [5.74, 6) is -0.420. The third kappa shape index (κ3) is 4.89. The molecule has 0 radical (unpaired) electrons. The molecule has 1 aromatic carbocycles. The molecular formula is C20H25N3O5. The van der Waals surface area contributed by atoms with Crippen LogP contribution in [-0.4, -0.2) is 62.5 Å². The number of fused-ring (bicyclic) bond motifs is 1. The molecule has 0 bridgehead atoms. The maximum absolute atomic E-state index is 12.7. The molecule has 1 fully saturated rings. The standard InChI is InChI=1S/C20H25N3O5/c1-23(19(25)12-27-2)10-18(24)21-9-16(13-7-8-13)22-20(26)15-11-28-17-6-4-3-5-14(15)17/h3-6,11,13,16H,7-10,12H2,1-2H3,(H,21,24)(H,22,26). The zero-order valence-electron chi connectivity index (χ0n) is 16.1. The average molecular weight is 387 g/mol. The number of amides is 3. The van der Waals surface area contributed by atoms with E-state index >= 15 is 0 Å². The fourth-order valence-corrected chi connectivity index (χ4v) is 3.05. The molecule has 1 atom stereocenters. The molecule has 1 aliphatic carbocycles. The molecule has 0 saturated heterocycles. The van der Waals surface area contributed by atoms with E-state index in [1.165, 1.54) is 18.3 Å². The Morgan fingerprint density at radius 1 is 1.29 bits per heavy atom. The second-order valence-corrected chi connectivity index (χ2v) is 7.05. The van der Waals surface area contributed by atoms with Crippen LogP contribution in [0.25, 0.3) is 11.0 Å². The van der Waals surface area contributed by atoms with Crippen LogP contribution in [0.1, 0.15) is 23.2 Å². The molecule has 0 aliphatic heterocycles. The summed E-state index contributed by atoms with van der Waals surface area (Å²) in [5.41, 5.74) is 1.14. The molecule has 150 valence electrons. The van der Waals surface area contributed by atoms with Gasteiger partial charge < -0.3 is 24.7 Å². The van der Waals surface area contributed by atoms with Gasteiger partial charge in [0.2, 0.25) is 11.8 Å². The first-order valence-corrected chi connectivity index (χ1v) is 9.26. The van der Waals surface area contributed by atoms with Gasteiger partial charge in [-0.05, 0) is 24.8 Å². The zero-order chi connectivity index (χ0) is 20.1. The van der Waals surface area contributed by atoms with E-state index in [0.29, 0.717) is 23.6 Å². The summed E-state index contributed by atoms with van der Waals surface area (Å²) in [6, 6.07) is 7.20. The first-order valence-electron chi connectivity index (χ1n) is 9.26. The quantitative estimate of drug-likeness (QED) is 0.673. The van der Waals surface area contributed by atoms with E-state index < -0.39 is 0 Å². The number of hydrogen-bond donors (Lipinski definition) is 2. The number of ether oxygens (including phenoxy) is 1. The van der Waals surface area contributed by atoms with Crippen LogP contribution in [-0.2, 0) is 14.3 Å². The number of benzene rings is 1. The SMILES string of the molecule is COCC(=O)N(C)CC(=O)NCC(NC(=O)c1coc2ccccc12)C1CC1. The maximum Gasteiger partial charge on any atom is 0.255 e. The van der Waals surface area contributed by atoms with Gasteiger partial charge in [0.05, 0.1) is 12.1 Å². The van der Waals surface area contributed by atoms with Crippen LogP contribution in [0.5, 0.6) is 0 Å². The van der Waals surface area contributed by atoms with Crippen molar-refractivity contribution in [3.05, 3.63) is 36.1 Å². The van der Waals surface area contributed by atoms with Crippen molar-refractivity contribution in [2.45, 2.75) is 18.9 Å². The Morgan fingerprint density at radius 3 is 2.75 bits per heavy atom. The topological polar surface area (TPSA) is 101 Å². The summed E-state index contributed by atoms with van der Waals surface area (Å²) in [7, 11) is 2.98. The highest BCUT2D eigenvalue weighted by Gasteiger charge is 2.33. The summed E-state index contributed by atoms with van der Waals surface area (Å²) in [4.78, 5) is 37.8. The lowest BCUT2D eigenvalue weighted by atomic mass is 10.1. The third-order valence-electron chi connectivity index (χ3n) is 4.83. The Labute approximate surface area is 163 Å². The van der Waals surface area contributed by atoms with Crippen LogP contribution in [0.2, 0.25) is 0 Å². The lowest BCUT2D eigenvalue weighted by Crippen LogP contribution is -2.47. The van der Waals surface area contributed by atoms with E-state index in [0.717, 1.165) is 18.2 Å². The van der Waals surface area contributed by atoms with Crippen LogP contribution in [0.15, 0.2) is 34.9 Å². The molecule has 2 aromatic rings.